The minimum Gasteiger partial charge on any atom is -0.481 e. The van der Waals surface area contributed by atoms with Crippen molar-refractivity contribution in [3.05, 3.63) is 35.9 Å². The topological polar surface area (TPSA) is 131 Å². The average Bonchev–Trinajstić information content (AvgIpc) is 3.12. The Morgan fingerprint density at radius 1 is 1.22 bits per heavy atom. The van der Waals surface area contributed by atoms with Gasteiger partial charge < -0.3 is 26.2 Å². The number of benzene rings is 1. The first-order valence-corrected chi connectivity index (χ1v) is 9.20. The highest BCUT2D eigenvalue weighted by molar-refractivity contribution is 5.82. The number of carbonyl (C=O) groups excluding carboxylic acids is 2. The van der Waals surface area contributed by atoms with Crippen molar-refractivity contribution >= 4 is 18.0 Å². The summed E-state index contributed by atoms with van der Waals surface area (Å²) < 4.78 is 5.09. The molecule has 0 aliphatic heterocycles. The van der Waals surface area contributed by atoms with Crippen LogP contribution in [-0.2, 0) is 20.9 Å². The number of carboxylic acids is 1. The van der Waals surface area contributed by atoms with Crippen molar-refractivity contribution in [1.29, 1.82) is 0 Å². The average molecular weight is 377 g/mol. The zero-order valence-electron chi connectivity index (χ0n) is 15.2. The minimum absolute atomic E-state index is 0.195. The number of hydrogen-bond donors (Lipinski definition) is 4. The Hall–Kier alpha value is -2.61. The number of ether oxygens (including phenoxy) is 1. The molecule has 1 fully saturated rings. The van der Waals surface area contributed by atoms with Crippen LogP contribution in [0, 0.1) is 5.92 Å². The summed E-state index contributed by atoms with van der Waals surface area (Å²) in [4.78, 5) is 34.9. The van der Waals surface area contributed by atoms with Crippen molar-refractivity contribution < 1.29 is 24.2 Å². The fourth-order valence-electron chi connectivity index (χ4n) is 3.14. The Kier molecular flexibility index (Phi) is 8.06. The van der Waals surface area contributed by atoms with Crippen molar-refractivity contribution in [3.63, 3.8) is 0 Å². The molecule has 0 bridgehead atoms. The standard InChI is InChI=1S/C19H27N3O5/c20-15(17(23)22-16-10-4-8-14(16)18(24)25)9-5-11-21-19(26)27-12-13-6-2-1-3-7-13/h1-3,6-7,14-16H,4-5,8-12,20H2,(H,21,26)(H,22,23)(H,24,25)/t14-,15+,16+/m1/s1. The van der Waals surface area contributed by atoms with E-state index in [1.165, 1.54) is 0 Å². The summed E-state index contributed by atoms with van der Waals surface area (Å²) in [6, 6.07) is 8.26. The summed E-state index contributed by atoms with van der Waals surface area (Å²) in [6.07, 6.45) is 2.39. The molecule has 2 rings (SSSR count). The highest BCUT2D eigenvalue weighted by Crippen LogP contribution is 2.25. The maximum absolute atomic E-state index is 12.1. The Morgan fingerprint density at radius 2 is 1.96 bits per heavy atom. The lowest BCUT2D eigenvalue weighted by Gasteiger charge is -2.20. The second kappa shape index (κ2) is 10.5. The highest BCUT2D eigenvalue weighted by Gasteiger charge is 2.34. The summed E-state index contributed by atoms with van der Waals surface area (Å²) in [5.41, 5.74) is 6.77. The lowest BCUT2D eigenvalue weighted by molar-refractivity contribution is -0.142. The molecule has 1 aliphatic carbocycles. The van der Waals surface area contributed by atoms with Crippen molar-refractivity contribution in [2.75, 3.05) is 6.54 Å². The van der Waals surface area contributed by atoms with Crippen LogP contribution >= 0.6 is 0 Å². The molecular formula is C19H27N3O5. The first kappa shape index (κ1) is 20.7. The maximum Gasteiger partial charge on any atom is 0.407 e. The molecule has 5 N–H and O–H groups in total. The molecule has 0 aromatic heterocycles. The van der Waals surface area contributed by atoms with Crippen LogP contribution in [0.4, 0.5) is 4.79 Å². The van der Waals surface area contributed by atoms with Crippen LogP contribution in [-0.4, -0.2) is 41.7 Å². The van der Waals surface area contributed by atoms with E-state index < -0.39 is 24.0 Å². The van der Waals surface area contributed by atoms with Crippen LogP contribution in [0.2, 0.25) is 0 Å². The molecule has 1 aromatic carbocycles. The predicted octanol–water partition coefficient (Wildman–Crippen LogP) is 1.39. The molecule has 148 valence electrons. The fourth-order valence-corrected chi connectivity index (χ4v) is 3.14. The third-order valence-electron chi connectivity index (χ3n) is 4.67. The van der Waals surface area contributed by atoms with Gasteiger partial charge in [-0.1, -0.05) is 36.8 Å². The molecule has 0 saturated heterocycles. The fraction of sp³-hybridized carbons (Fsp3) is 0.526. The third kappa shape index (κ3) is 6.90. The Bertz CT molecular complexity index is 637. The van der Waals surface area contributed by atoms with Crippen LogP contribution in [0.5, 0.6) is 0 Å². The number of alkyl carbamates (subject to hydrolysis) is 1. The summed E-state index contributed by atoms with van der Waals surface area (Å²) in [5.74, 6) is -1.77. The quantitative estimate of drug-likeness (QED) is 0.481. The van der Waals surface area contributed by atoms with Gasteiger partial charge in [0.1, 0.15) is 6.61 Å². The molecule has 0 unspecified atom stereocenters. The molecule has 1 aliphatic rings. The van der Waals surface area contributed by atoms with Crippen molar-refractivity contribution in [3.8, 4) is 0 Å². The highest BCUT2D eigenvalue weighted by atomic mass is 16.5. The first-order chi connectivity index (χ1) is 13.0. The van der Waals surface area contributed by atoms with E-state index >= 15 is 0 Å². The molecule has 1 saturated carbocycles. The van der Waals surface area contributed by atoms with Gasteiger partial charge in [-0.15, -0.1) is 0 Å². The van der Waals surface area contributed by atoms with Gasteiger partial charge in [0.05, 0.1) is 12.0 Å². The van der Waals surface area contributed by atoms with Gasteiger partial charge >= 0.3 is 12.1 Å². The van der Waals surface area contributed by atoms with E-state index in [1.807, 2.05) is 30.3 Å². The lowest BCUT2D eigenvalue weighted by Crippen LogP contribution is -2.48. The molecule has 0 spiro atoms. The van der Waals surface area contributed by atoms with Crippen molar-refractivity contribution in [1.82, 2.24) is 10.6 Å². The second-order valence-corrected chi connectivity index (χ2v) is 6.73. The molecule has 27 heavy (non-hydrogen) atoms. The van der Waals surface area contributed by atoms with Gasteiger partial charge in [0.25, 0.3) is 0 Å². The molecule has 0 heterocycles. The number of aliphatic carboxylic acids is 1. The van der Waals surface area contributed by atoms with Crippen LogP contribution in [0.3, 0.4) is 0 Å². The number of rotatable bonds is 9. The maximum atomic E-state index is 12.1. The number of amides is 2. The SMILES string of the molecule is N[C@@H](CCCNC(=O)OCc1ccccc1)C(=O)N[C@H]1CCC[C@H]1C(=O)O. The number of carboxylic acid groups (broad SMARTS) is 1. The third-order valence-corrected chi connectivity index (χ3v) is 4.67. The van der Waals surface area contributed by atoms with Gasteiger partial charge in [-0.25, -0.2) is 4.79 Å². The second-order valence-electron chi connectivity index (χ2n) is 6.73. The molecule has 8 nitrogen and oxygen atoms in total. The van der Waals surface area contributed by atoms with E-state index in [1.54, 1.807) is 0 Å². The predicted molar refractivity (Wildman–Crippen MR) is 98.7 cm³/mol. The van der Waals surface area contributed by atoms with E-state index in [0.29, 0.717) is 32.2 Å². The number of nitrogens with one attached hydrogen (secondary N) is 2. The van der Waals surface area contributed by atoms with E-state index in [0.717, 1.165) is 12.0 Å². The molecular weight excluding hydrogens is 350 g/mol. The number of nitrogens with two attached hydrogens (primary N) is 1. The van der Waals surface area contributed by atoms with E-state index in [4.69, 9.17) is 15.6 Å². The molecule has 8 heteroatoms. The number of carbonyl (C=O) groups is 3. The molecule has 0 radical (unpaired) electrons. The Morgan fingerprint density at radius 3 is 2.67 bits per heavy atom. The first-order valence-electron chi connectivity index (χ1n) is 9.20. The molecule has 3 atom stereocenters. The van der Waals surface area contributed by atoms with Crippen LogP contribution < -0.4 is 16.4 Å². The Labute approximate surface area is 158 Å². The summed E-state index contributed by atoms with van der Waals surface area (Å²) in [6.45, 7) is 0.538. The van der Waals surface area contributed by atoms with Gasteiger partial charge in [-0.05, 0) is 31.2 Å². The largest absolute Gasteiger partial charge is 0.481 e. The lowest BCUT2D eigenvalue weighted by atomic mass is 10.0. The van der Waals surface area contributed by atoms with Gasteiger partial charge in [0.2, 0.25) is 5.91 Å². The molecule has 1 aromatic rings. The van der Waals surface area contributed by atoms with Gasteiger partial charge in [0.15, 0.2) is 0 Å². The normalized spacial score (nSPS) is 19.9. The smallest absolute Gasteiger partial charge is 0.407 e. The van der Waals surface area contributed by atoms with Crippen LogP contribution in [0.25, 0.3) is 0 Å². The van der Waals surface area contributed by atoms with E-state index in [-0.39, 0.29) is 18.6 Å². The van der Waals surface area contributed by atoms with Gasteiger partial charge in [0, 0.05) is 12.6 Å². The van der Waals surface area contributed by atoms with Crippen molar-refractivity contribution in [2.24, 2.45) is 11.7 Å². The Balaban J connectivity index is 1.59. The summed E-state index contributed by atoms with van der Waals surface area (Å²) in [7, 11) is 0. The minimum atomic E-state index is -0.885. The zero-order chi connectivity index (χ0) is 19.6. The van der Waals surface area contributed by atoms with Gasteiger partial charge in [-0.2, -0.15) is 0 Å². The van der Waals surface area contributed by atoms with E-state index in [2.05, 4.69) is 10.6 Å². The summed E-state index contributed by atoms with van der Waals surface area (Å²) >= 11 is 0. The van der Waals surface area contributed by atoms with Crippen LogP contribution in [0.1, 0.15) is 37.7 Å². The van der Waals surface area contributed by atoms with Gasteiger partial charge in [-0.3, -0.25) is 9.59 Å². The number of hydrogen-bond acceptors (Lipinski definition) is 5. The monoisotopic (exact) mass is 377 g/mol. The van der Waals surface area contributed by atoms with Crippen molar-refractivity contribution in [2.45, 2.75) is 50.8 Å². The molecule has 2 amide bonds. The zero-order valence-corrected chi connectivity index (χ0v) is 15.2. The van der Waals surface area contributed by atoms with Crippen LogP contribution in [0.15, 0.2) is 30.3 Å². The summed E-state index contributed by atoms with van der Waals surface area (Å²) in [5, 5.41) is 14.5. The van der Waals surface area contributed by atoms with E-state index in [9.17, 15) is 14.4 Å².